The Morgan fingerprint density at radius 2 is 2.18 bits per heavy atom. The second-order valence-corrected chi connectivity index (χ2v) is 5.50. The fraction of sp³-hybridized carbons (Fsp3) is 0.923. The minimum absolute atomic E-state index is 0.0597. The Bertz CT molecular complexity index is 264. The highest BCUT2D eigenvalue weighted by Crippen LogP contribution is 2.26. The van der Waals surface area contributed by atoms with Crippen molar-refractivity contribution in [1.82, 2.24) is 4.90 Å². The quantitative estimate of drug-likeness (QED) is 0.800. The lowest BCUT2D eigenvalue weighted by Gasteiger charge is -2.29. The van der Waals surface area contributed by atoms with Gasteiger partial charge in [0.2, 0.25) is 5.91 Å². The van der Waals surface area contributed by atoms with Gasteiger partial charge in [0.05, 0.1) is 12.5 Å². The second-order valence-electron chi connectivity index (χ2n) is 5.50. The van der Waals surface area contributed by atoms with E-state index in [9.17, 15) is 4.79 Å². The molecule has 0 radical (unpaired) electrons. The minimum atomic E-state index is 0.0597. The van der Waals surface area contributed by atoms with Gasteiger partial charge in [-0.15, -0.1) is 0 Å². The Hall–Kier alpha value is -0.610. The molecule has 4 nitrogen and oxygen atoms in total. The molecule has 0 spiro atoms. The summed E-state index contributed by atoms with van der Waals surface area (Å²) in [6.07, 6.45) is 5.35. The van der Waals surface area contributed by atoms with Gasteiger partial charge < -0.3 is 15.4 Å². The molecule has 2 aliphatic rings. The Morgan fingerprint density at radius 1 is 1.35 bits per heavy atom. The molecule has 4 heteroatoms. The predicted octanol–water partition coefficient (Wildman–Crippen LogP) is 0.999. The van der Waals surface area contributed by atoms with Gasteiger partial charge in [0.1, 0.15) is 0 Å². The van der Waals surface area contributed by atoms with Crippen molar-refractivity contribution in [3.05, 3.63) is 0 Å². The first-order valence-corrected chi connectivity index (χ1v) is 6.77. The first kappa shape index (κ1) is 12.8. The number of rotatable bonds is 3. The number of amides is 1. The molecule has 0 aromatic heterocycles. The molecule has 3 atom stereocenters. The number of hydrogen-bond acceptors (Lipinski definition) is 3. The molecule has 1 saturated heterocycles. The molecule has 2 N–H and O–H groups in total. The maximum atomic E-state index is 12.2. The van der Waals surface area contributed by atoms with Gasteiger partial charge >= 0.3 is 0 Å². The van der Waals surface area contributed by atoms with E-state index < -0.39 is 0 Å². The zero-order valence-corrected chi connectivity index (χ0v) is 10.7. The van der Waals surface area contributed by atoms with E-state index in [-0.39, 0.29) is 17.9 Å². The molecule has 1 saturated carbocycles. The van der Waals surface area contributed by atoms with Gasteiger partial charge in [-0.25, -0.2) is 0 Å². The van der Waals surface area contributed by atoms with Crippen molar-refractivity contribution in [2.24, 2.45) is 17.6 Å². The predicted molar refractivity (Wildman–Crippen MR) is 66.5 cm³/mol. The standard InChI is InChI=1S/C13H24N2O2/c1-15(8-10-4-3-7-17-9-10)13(16)11-5-2-6-12(11)14/h10-12H,2-9,14H2,1H3. The van der Waals surface area contributed by atoms with Crippen molar-refractivity contribution in [3.8, 4) is 0 Å². The minimum Gasteiger partial charge on any atom is -0.381 e. The molecule has 2 fully saturated rings. The first-order valence-electron chi connectivity index (χ1n) is 6.77. The lowest BCUT2D eigenvalue weighted by molar-refractivity contribution is -0.135. The summed E-state index contributed by atoms with van der Waals surface area (Å²) in [7, 11) is 1.90. The molecule has 1 heterocycles. The van der Waals surface area contributed by atoms with Crippen LogP contribution in [0, 0.1) is 11.8 Å². The molecule has 17 heavy (non-hydrogen) atoms. The van der Waals surface area contributed by atoms with E-state index >= 15 is 0 Å². The normalized spacial score (nSPS) is 33.6. The third-order valence-corrected chi connectivity index (χ3v) is 4.05. The van der Waals surface area contributed by atoms with E-state index in [0.717, 1.165) is 45.4 Å². The average molecular weight is 240 g/mol. The molecule has 98 valence electrons. The van der Waals surface area contributed by atoms with Crippen molar-refractivity contribution < 1.29 is 9.53 Å². The number of carbonyl (C=O) groups is 1. The SMILES string of the molecule is CN(CC1CCCOC1)C(=O)C1CCCC1N. The fourth-order valence-electron chi connectivity index (χ4n) is 3.01. The Labute approximate surface area is 103 Å². The summed E-state index contributed by atoms with van der Waals surface area (Å²) in [6, 6.07) is 0.0764. The van der Waals surface area contributed by atoms with Crippen LogP contribution in [0.4, 0.5) is 0 Å². The Kier molecular flexibility index (Phi) is 4.40. The summed E-state index contributed by atoms with van der Waals surface area (Å²) in [5.41, 5.74) is 5.98. The molecule has 1 aliphatic heterocycles. The van der Waals surface area contributed by atoms with E-state index in [1.807, 2.05) is 11.9 Å². The van der Waals surface area contributed by atoms with Crippen molar-refractivity contribution in [3.63, 3.8) is 0 Å². The molecule has 3 unspecified atom stereocenters. The molecule has 1 aliphatic carbocycles. The summed E-state index contributed by atoms with van der Waals surface area (Å²) in [5, 5.41) is 0. The van der Waals surface area contributed by atoms with Gasteiger partial charge in [0.25, 0.3) is 0 Å². The topological polar surface area (TPSA) is 55.6 Å². The number of nitrogens with zero attached hydrogens (tertiary/aromatic N) is 1. The number of nitrogens with two attached hydrogens (primary N) is 1. The second kappa shape index (κ2) is 5.83. The van der Waals surface area contributed by atoms with Crippen LogP contribution in [0.15, 0.2) is 0 Å². The largest absolute Gasteiger partial charge is 0.381 e. The monoisotopic (exact) mass is 240 g/mol. The van der Waals surface area contributed by atoms with E-state index in [1.54, 1.807) is 0 Å². The fourth-order valence-corrected chi connectivity index (χ4v) is 3.01. The van der Waals surface area contributed by atoms with Crippen LogP contribution in [0.5, 0.6) is 0 Å². The summed E-state index contributed by atoms with van der Waals surface area (Å²) in [5.74, 6) is 0.806. The highest BCUT2D eigenvalue weighted by molar-refractivity contribution is 5.79. The molecular formula is C13H24N2O2. The highest BCUT2D eigenvalue weighted by atomic mass is 16.5. The van der Waals surface area contributed by atoms with Gasteiger partial charge in [0.15, 0.2) is 0 Å². The molecule has 1 amide bonds. The summed E-state index contributed by atoms with van der Waals surface area (Å²) in [4.78, 5) is 14.1. The van der Waals surface area contributed by atoms with Gasteiger partial charge in [-0.3, -0.25) is 4.79 Å². The maximum Gasteiger partial charge on any atom is 0.226 e. The van der Waals surface area contributed by atoms with Crippen LogP contribution in [-0.2, 0) is 9.53 Å². The van der Waals surface area contributed by atoms with Crippen LogP contribution in [-0.4, -0.2) is 43.7 Å². The molecule has 0 aromatic rings. The van der Waals surface area contributed by atoms with E-state index in [2.05, 4.69) is 0 Å². The van der Waals surface area contributed by atoms with Gasteiger partial charge in [0, 0.05) is 26.2 Å². The summed E-state index contributed by atoms with van der Waals surface area (Å²) in [6.45, 7) is 2.50. The first-order chi connectivity index (χ1) is 8.18. The Morgan fingerprint density at radius 3 is 2.76 bits per heavy atom. The van der Waals surface area contributed by atoms with Gasteiger partial charge in [-0.05, 0) is 31.6 Å². The van der Waals surface area contributed by atoms with E-state index in [4.69, 9.17) is 10.5 Å². The molecule has 0 aromatic carbocycles. The molecule has 2 rings (SSSR count). The number of ether oxygens (including phenoxy) is 1. The van der Waals surface area contributed by atoms with Crippen LogP contribution in [0.3, 0.4) is 0 Å². The van der Waals surface area contributed by atoms with Crippen LogP contribution in [0.1, 0.15) is 32.1 Å². The number of hydrogen-bond donors (Lipinski definition) is 1. The highest BCUT2D eigenvalue weighted by Gasteiger charge is 2.32. The van der Waals surface area contributed by atoms with Crippen LogP contribution >= 0.6 is 0 Å². The lowest BCUT2D eigenvalue weighted by Crippen LogP contribution is -2.42. The van der Waals surface area contributed by atoms with Crippen LogP contribution in [0.25, 0.3) is 0 Å². The zero-order valence-electron chi connectivity index (χ0n) is 10.7. The van der Waals surface area contributed by atoms with Crippen molar-refractivity contribution >= 4 is 5.91 Å². The third kappa shape index (κ3) is 3.19. The third-order valence-electron chi connectivity index (χ3n) is 4.05. The average Bonchev–Trinajstić information content (AvgIpc) is 2.76. The smallest absolute Gasteiger partial charge is 0.226 e. The van der Waals surface area contributed by atoms with Crippen molar-refractivity contribution in [2.45, 2.75) is 38.1 Å². The van der Waals surface area contributed by atoms with E-state index in [0.29, 0.717) is 5.92 Å². The van der Waals surface area contributed by atoms with Gasteiger partial charge in [-0.2, -0.15) is 0 Å². The molecular weight excluding hydrogens is 216 g/mol. The van der Waals surface area contributed by atoms with Crippen molar-refractivity contribution in [2.75, 3.05) is 26.8 Å². The van der Waals surface area contributed by atoms with Gasteiger partial charge in [-0.1, -0.05) is 6.42 Å². The zero-order chi connectivity index (χ0) is 12.3. The lowest BCUT2D eigenvalue weighted by atomic mass is 9.99. The summed E-state index contributed by atoms with van der Waals surface area (Å²) < 4.78 is 5.45. The van der Waals surface area contributed by atoms with Crippen LogP contribution in [0.2, 0.25) is 0 Å². The van der Waals surface area contributed by atoms with E-state index in [1.165, 1.54) is 6.42 Å². The van der Waals surface area contributed by atoms with Crippen molar-refractivity contribution in [1.29, 1.82) is 0 Å². The molecule has 0 bridgehead atoms. The Balaban J connectivity index is 1.81. The number of carbonyl (C=O) groups excluding carboxylic acids is 1. The van der Waals surface area contributed by atoms with Crippen LogP contribution < -0.4 is 5.73 Å². The maximum absolute atomic E-state index is 12.2. The summed E-state index contributed by atoms with van der Waals surface area (Å²) >= 11 is 0.